The zero-order valence-corrected chi connectivity index (χ0v) is 10.8. The molecule has 1 N–H and O–H groups in total. The van der Waals surface area contributed by atoms with Gasteiger partial charge in [-0.2, -0.15) is 0 Å². The summed E-state index contributed by atoms with van der Waals surface area (Å²) in [5.41, 5.74) is 1.41. The Hall–Kier alpha value is -2.23. The predicted molar refractivity (Wildman–Crippen MR) is 72.4 cm³/mol. The lowest BCUT2D eigenvalue weighted by molar-refractivity contribution is -0.137. The summed E-state index contributed by atoms with van der Waals surface area (Å²) < 4.78 is 27.5. The Morgan fingerprint density at radius 2 is 1.80 bits per heavy atom. The van der Waals surface area contributed by atoms with Crippen LogP contribution in [0.25, 0.3) is 11.1 Å². The first-order valence-electron chi connectivity index (χ1n) is 6.33. The summed E-state index contributed by atoms with van der Waals surface area (Å²) in [6, 6.07) is 11.4. The van der Waals surface area contributed by atoms with Gasteiger partial charge in [-0.3, -0.25) is 4.79 Å². The van der Waals surface area contributed by atoms with E-state index < -0.39 is 17.6 Å². The van der Waals surface area contributed by atoms with Gasteiger partial charge in [-0.15, -0.1) is 0 Å². The van der Waals surface area contributed by atoms with Crippen LogP contribution in [0, 0.1) is 11.6 Å². The van der Waals surface area contributed by atoms with Gasteiger partial charge in [0.2, 0.25) is 0 Å². The van der Waals surface area contributed by atoms with Crippen molar-refractivity contribution < 1.29 is 18.7 Å². The predicted octanol–water partition coefficient (Wildman–Crippen LogP) is 4.04. The Balaban J connectivity index is 2.28. The van der Waals surface area contributed by atoms with Crippen LogP contribution in [0.15, 0.2) is 42.5 Å². The normalized spacial score (nSPS) is 10.5. The number of aliphatic carboxylic acids is 1. The van der Waals surface area contributed by atoms with E-state index in [4.69, 9.17) is 5.11 Å². The van der Waals surface area contributed by atoms with Crippen molar-refractivity contribution in [3.05, 3.63) is 59.7 Å². The fourth-order valence-electron chi connectivity index (χ4n) is 2.06. The fraction of sp³-hybridized carbons (Fsp3) is 0.188. The van der Waals surface area contributed by atoms with E-state index >= 15 is 0 Å². The van der Waals surface area contributed by atoms with E-state index in [9.17, 15) is 13.6 Å². The van der Waals surface area contributed by atoms with Gasteiger partial charge < -0.3 is 5.11 Å². The molecule has 2 rings (SSSR count). The van der Waals surface area contributed by atoms with Crippen LogP contribution in [-0.2, 0) is 11.2 Å². The van der Waals surface area contributed by atoms with Gasteiger partial charge in [0.15, 0.2) is 11.6 Å². The number of carboxylic acid groups (broad SMARTS) is 1. The Morgan fingerprint density at radius 1 is 1.10 bits per heavy atom. The second kappa shape index (κ2) is 6.28. The third-order valence-electron chi connectivity index (χ3n) is 3.03. The first-order valence-corrected chi connectivity index (χ1v) is 6.33. The Bertz CT molecular complexity index is 609. The minimum absolute atomic E-state index is 0.0136. The number of rotatable bonds is 5. The van der Waals surface area contributed by atoms with Crippen LogP contribution in [0.3, 0.4) is 0 Å². The molecule has 2 aromatic carbocycles. The van der Waals surface area contributed by atoms with Gasteiger partial charge >= 0.3 is 5.97 Å². The van der Waals surface area contributed by atoms with E-state index in [1.807, 2.05) is 0 Å². The number of halogens is 2. The van der Waals surface area contributed by atoms with E-state index in [-0.39, 0.29) is 12.0 Å². The highest BCUT2D eigenvalue weighted by Gasteiger charge is 2.12. The minimum atomic E-state index is -0.906. The second-order valence-corrected chi connectivity index (χ2v) is 4.55. The van der Waals surface area contributed by atoms with Crippen molar-refractivity contribution in [3.8, 4) is 11.1 Å². The van der Waals surface area contributed by atoms with Crippen molar-refractivity contribution in [2.75, 3.05) is 0 Å². The van der Waals surface area contributed by atoms with Crippen LogP contribution in [-0.4, -0.2) is 11.1 Å². The van der Waals surface area contributed by atoms with Crippen LogP contribution in [0.1, 0.15) is 18.4 Å². The molecule has 0 amide bonds. The quantitative estimate of drug-likeness (QED) is 0.894. The zero-order chi connectivity index (χ0) is 14.5. The lowest BCUT2D eigenvalue weighted by Gasteiger charge is -2.08. The maximum Gasteiger partial charge on any atom is 0.303 e. The fourth-order valence-corrected chi connectivity index (χ4v) is 2.06. The van der Waals surface area contributed by atoms with Gasteiger partial charge in [0.1, 0.15) is 0 Å². The first-order chi connectivity index (χ1) is 9.58. The maximum absolute atomic E-state index is 13.8. The molecular formula is C16H14F2O2. The van der Waals surface area contributed by atoms with Gasteiger partial charge in [0.05, 0.1) is 0 Å². The van der Waals surface area contributed by atoms with E-state index in [1.54, 1.807) is 36.4 Å². The van der Waals surface area contributed by atoms with Crippen molar-refractivity contribution in [2.24, 2.45) is 0 Å². The molecular weight excluding hydrogens is 262 g/mol. The lowest BCUT2D eigenvalue weighted by Crippen LogP contribution is -1.98. The molecule has 4 heteroatoms. The molecule has 104 valence electrons. The Morgan fingerprint density at radius 3 is 2.45 bits per heavy atom. The first kappa shape index (κ1) is 14.2. The molecule has 0 aliphatic carbocycles. The molecule has 2 nitrogen and oxygen atoms in total. The van der Waals surface area contributed by atoms with Crippen LogP contribution in [0.4, 0.5) is 8.78 Å². The highest BCUT2D eigenvalue weighted by Crippen LogP contribution is 2.26. The third kappa shape index (κ3) is 3.41. The largest absolute Gasteiger partial charge is 0.481 e. The van der Waals surface area contributed by atoms with Gasteiger partial charge in [-0.05, 0) is 36.1 Å². The number of hydrogen-bond acceptors (Lipinski definition) is 1. The summed E-state index contributed by atoms with van der Waals surface area (Å²) in [7, 11) is 0. The smallest absolute Gasteiger partial charge is 0.303 e. The average molecular weight is 276 g/mol. The average Bonchev–Trinajstić information content (AvgIpc) is 2.43. The summed E-state index contributed by atoms with van der Waals surface area (Å²) >= 11 is 0. The monoisotopic (exact) mass is 276 g/mol. The molecule has 0 spiro atoms. The molecule has 0 aromatic heterocycles. The number of hydrogen-bond donors (Lipinski definition) is 1. The van der Waals surface area contributed by atoms with Crippen LogP contribution in [0.2, 0.25) is 0 Å². The van der Waals surface area contributed by atoms with Crippen LogP contribution < -0.4 is 0 Å². The van der Waals surface area contributed by atoms with Gasteiger partial charge in [0.25, 0.3) is 0 Å². The molecule has 0 aliphatic heterocycles. The molecule has 2 aromatic rings. The molecule has 20 heavy (non-hydrogen) atoms. The molecule has 0 atom stereocenters. The zero-order valence-electron chi connectivity index (χ0n) is 10.8. The van der Waals surface area contributed by atoms with Crippen molar-refractivity contribution in [2.45, 2.75) is 19.3 Å². The summed E-state index contributed by atoms with van der Waals surface area (Å²) in [6.45, 7) is 0. The van der Waals surface area contributed by atoms with Crippen molar-refractivity contribution in [1.29, 1.82) is 0 Å². The molecule has 0 heterocycles. The minimum Gasteiger partial charge on any atom is -0.481 e. The van der Waals surface area contributed by atoms with Crippen molar-refractivity contribution in [3.63, 3.8) is 0 Å². The van der Waals surface area contributed by atoms with E-state index in [0.717, 1.165) is 6.07 Å². The van der Waals surface area contributed by atoms with E-state index in [2.05, 4.69) is 0 Å². The number of carboxylic acids is 1. The summed E-state index contributed by atoms with van der Waals surface area (Å²) in [6.07, 6.45) is 0.817. The number of carbonyl (C=O) groups is 1. The SMILES string of the molecule is O=C(O)CCCc1cc(F)c(F)c(-c2ccccc2)c1. The van der Waals surface area contributed by atoms with Crippen LogP contribution >= 0.6 is 0 Å². The van der Waals surface area contributed by atoms with Crippen molar-refractivity contribution in [1.82, 2.24) is 0 Å². The van der Waals surface area contributed by atoms with Crippen LogP contribution in [0.5, 0.6) is 0 Å². The summed E-state index contributed by atoms with van der Waals surface area (Å²) in [4.78, 5) is 10.5. The van der Waals surface area contributed by atoms with Crippen molar-refractivity contribution >= 4 is 5.97 Å². The molecule has 0 fully saturated rings. The highest BCUT2D eigenvalue weighted by atomic mass is 19.2. The second-order valence-electron chi connectivity index (χ2n) is 4.55. The third-order valence-corrected chi connectivity index (χ3v) is 3.03. The van der Waals surface area contributed by atoms with E-state index in [1.165, 1.54) is 0 Å². The van der Waals surface area contributed by atoms with Gasteiger partial charge in [-0.1, -0.05) is 30.3 Å². The van der Waals surface area contributed by atoms with Gasteiger partial charge in [0, 0.05) is 12.0 Å². The van der Waals surface area contributed by atoms with E-state index in [0.29, 0.717) is 24.0 Å². The Labute approximate surface area is 115 Å². The highest BCUT2D eigenvalue weighted by molar-refractivity contribution is 5.67. The van der Waals surface area contributed by atoms with Gasteiger partial charge in [-0.25, -0.2) is 8.78 Å². The number of benzene rings is 2. The maximum atomic E-state index is 13.8. The molecule has 0 saturated heterocycles. The summed E-state index contributed by atoms with van der Waals surface area (Å²) in [5, 5.41) is 8.59. The Kier molecular flexibility index (Phi) is 4.45. The molecule has 0 radical (unpaired) electrons. The molecule has 0 aliphatic rings. The topological polar surface area (TPSA) is 37.3 Å². The standard InChI is InChI=1S/C16H14F2O2/c17-14-10-11(5-4-8-15(19)20)9-13(16(14)18)12-6-2-1-3-7-12/h1-3,6-7,9-10H,4-5,8H2,(H,19,20). The lowest BCUT2D eigenvalue weighted by atomic mass is 9.99. The molecule has 0 unspecified atom stereocenters. The summed E-state index contributed by atoms with van der Waals surface area (Å²) in [5.74, 6) is -2.68. The molecule has 0 saturated carbocycles. The molecule has 0 bridgehead atoms. The number of aryl methyl sites for hydroxylation is 1.